The lowest BCUT2D eigenvalue weighted by Crippen LogP contribution is -2.41. The number of aromatic amines is 1. The molecule has 198 valence electrons. The molecular formula is C31H29N3O5. The summed E-state index contributed by atoms with van der Waals surface area (Å²) in [5, 5.41) is 4.86. The van der Waals surface area contributed by atoms with Crippen molar-refractivity contribution < 1.29 is 23.7 Å². The molecule has 1 aliphatic carbocycles. The second kappa shape index (κ2) is 10.2. The average molecular weight is 524 g/mol. The van der Waals surface area contributed by atoms with Crippen LogP contribution in [0.4, 0.5) is 4.79 Å². The van der Waals surface area contributed by atoms with Crippen molar-refractivity contribution in [2.24, 2.45) is 0 Å². The highest BCUT2D eigenvalue weighted by molar-refractivity contribution is 5.89. The molecule has 2 heterocycles. The standard InChI is InChI=1S/C31H29N3O5/c1-20-14-22-15-23(8-9-25(22)33-20)39-27-10-13-32-26-17-29(28(36-2)16-24(26)27)38-19-31(11-12-31)34-30(35)37-18-21-6-4-3-5-7-21/h3-10,13-17,33H,11-12,18-19H2,1-2H3,(H,34,35). The monoisotopic (exact) mass is 523 g/mol. The van der Waals surface area contributed by atoms with Gasteiger partial charge in [0.15, 0.2) is 11.5 Å². The van der Waals surface area contributed by atoms with E-state index in [1.807, 2.05) is 73.7 Å². The van der Waals surface area contributed by atoms with Crippen LogP contribution in [0.5, 0.6) is 23.0 Å². The van der Waals surface area contributed by atoms with E-state index < -0.39 is 11.6 Å². The van der Waals surface area contributed by atoms with E-state index in [-0.39, 0.29) is 6.61 Å². The summed E-state index contributed by atoms with van der Waals surface area (Å²) in [6, 6.07) is 23.2. The van der Waals surface area contributed by atoms with Crippen LogP contribution in [0.2, 0.25) is 0 Å². The maximum atomic E-state index is 12.4. The zero-order chi connectivity index (χ0) is 26.8. The van der Waals surface area contributed by atoms with Gasteiger partial charge in [-0.15, -0.1) is 0 Å². The molecule has 0 aliphatic heterocycles. The lowest BCUT2D eigenvalue weighted by Gasteiger charge is -2.19. The smallest absolute Gasteiger partial charge is 0.408 e. The van der Waals surface area contributed by atoms with Gasteiger partial charge in [0.2, 0.25) is 0 Å². The molecule has 8 heteroatoms. The molecular weight excluding hydrogens is 494 g/mol. The maximum Gasteiger partial charge on any atom is 0.408 e. The van der Waals surface area contributed by atoms with Gasteiger partial charge in [-0.3, -0.25) is 4.98 Å². The van der Waals surface area contributed by atoms with E-state index in [1.165, 1.54) is 0 Å². The Morgan fingerprint density at radius 3 is 2.64 bits per heavy atom. The molecule has 0 unspecified atom stereocenters. The number of aryl methyl sites for hydroxylation is 1. The molecule has 2 N–H and O–H groups in total. The molecule has 0 atom stereocenters. The Morgan fingerprint density at radius 1 is 1.00 bits per heavy atom. The lowest BCUT2D eigenvalue weighted by molar-refractivity contribution is 0.128. The number of carbonyl (C=O) groups excluding carboxylic acids is 1. The molecule has 39 heavy (non-hydrogen) atoms. The molecule has 0 bridgehead atoms. The van der Waals surface area contributed by atoms with Gasteiger partial charge in [0.25, 0.3) is 0 Å². The molecule has 1 amide bonds. The van der Waals surface area contributed by atoms with Crippen LogP contribution in [0.1, 0.15) is 24.1 Å². The first kappa shape index (κ1) is 24.6. The minimum atomic E-state index is -0.457. The fourth-order valence-corrected chi connectivity index (χ4v) is 4.58. The molecule has 3 aromatic carbocycles. The van der Waals surface area contributed by atoms with Crippen LogP contribution in [-0.4, -0.2) is 35.3 Å². The van der Waals surface area contributed by atoms with Gasteiger partial charge in [0.05, 0.1) is 18.2 Å². The van der Waals surface area contributed by atoms with Gasteiger partial charge < -0.3 is 29.2 Å². The van der Waals surface area contributed by atoms with Crippen molar-refractivity contribution in [1.29, 1.82) is 0 Å². The molecule has 8 nitrogen and oxygen atoms in total. The number of fused-ring (bicyclic) bond motifs is 2. The molecule has 2 aromatic heterocycles. The summed E-state index contributed by atoms with van der Waals surface area (Å²) in [5.41, 5.74) is 3.35. The minimum absolute atomic E-state index is 0.219. The Bertz CT molecular complexity index is 1640. The van der Waals surface area contributed by atoms with Crippen LogP contribution in [-0.2, 0) is 11.3 Å². The molecule has 1 fully saturated rings. The first-order valence-corrected chi connectivity index (χ1v) is 12.9. The van der Waals surface area contributed by atoms with E-state index >= 15 is 0 Å². The molecule has 1 aliphatic rings. The molecule has 0 radical (unpaired) electrons. The van der Waals surface area contributed by atoms with Gasteiger partial charge in [-0.2, -0.15) is 0 Å². The van der Waals surface area contributed by atoms with Crippen LogP contribution in [0.15, 0.2) is 79.0 Å². The van der Waals surface area contributed by atoms with Gasteiger partial charge in [0.1, 0.15) is 24.7 Å². The van der Waals surface area contributed by atoms with Crippen LogP contribution in [0.3, 0.4) is 0 Å². The number of nitrogens with zero attached hydrogens (tertiary/aromatic N) is 1. The maximum absolute atomic E-state index is 12.4. The first-order chi connectivity index (χ1) is 19.0. The third-order valence-electron chi connectivity index (χ3n) is 6.88. The molecule has 5 aromatic rings. The van der Waals surface area contributed by atoms with Crippen molar-refractivity contribution in [3.8, 4) is 23.0 Å². The predicted molar refractivity (Wildman–Crippen MR) is 149 cm³/mol. The second-order valence-electron chi connectivity index (χ2n) is 9.89. The van der Waals surface area contributed by atoms with Crippen LogP contribution < -0.4 is 19.5 Å². The number of ether oxygens (including phenoxy) is 4. The van der Waals surface area contributed by atoms with Gasteiger partial charge in [-0.1, -0.05) is 30.3 Å². The van der Waals surface area contributed by atoms with E-state index in [1.54, 1.807) is 13.3 Å². The van der Waals surface area contributed by atoms with Crippen LogP contribution in [0.25, 0.3) is 21.8 Å². The van der Waals surface area contributed by atoms with Gasteiger partial charge in [-0.05, 0) is 61.7 Å². The number of pyridine rings is 1. The number of hydrogen-bond donors (Lipinski definition) is 2. The number of amides is 1. The molecule has 0 spiro atoms. The van der Waals surface area contributed by atoms with E-state index in [4.69, 9.17) is 18.9 Å². The SMILES string of the molecule is COc1cc2c(Oc3ccc4[nH]c(C)cc4c3)ccnc2cc1OCC1(NC(=O)OCc2ccccc2)CC1. The number of nitrogens with one attached hydrogen (secondary N) is 2. The lowest BCUT2D eigenvalue weighted by atomic mass is 10.1. The summed E-state index contributed by atoms with van der Waals surface area (Å²) in [4.78, 5) is 20.3. The number of aromatic nitrogens is 2. The Labute approximate surface area is 225 Å². The predicted octanol–water partition coefficient (Wildman–Crippen LogP) is 6.66. The molecule has 1 saturated carbocycles. The fraction of sp³-hybridized carbons (Fsp3) is 0.226. The zero-order valence-corrected chi connectivity index (χ0v) is 21.8. The first-order valence-electron chi connectivity index (χ1n) is 12.9. The second-order valence-corrected chi connectivity index (χ2v) is 9.89. The van der Waals surface area contributed by atoms with Gasteiger partial charge >= 0.3 is 6.09 Å². The molecule has 6 rings (SSSR count). The van der Waals surface area contributed by atoms with Gasteiger partial charge in [0, 0.05) is 34.2 Å². The summed E-state index contributed by atoms with van der Waals surface area (Å²) in [6.45, 7) is 2.54. The van der Waals surface area contributed by atoms with Gasteiger partial charge in [-0.25, -0.2) is 4.79 Å². The van der Waals surface area contributed by atoms with E-state index in [0.717, 1.165) is 46.1 Å². The minimum Gasteiger partial charge on any atom is -0.493 e. The fourth-order valence-electron chi connectivity index (χ4n) is 4.58. The quantitative estimate of drug-likeness (QED) is 0.224. The van der Waals surface area contributed by atoms with Crippen molar-refractivity contribution in [1.82, 2.24) is 15.3 Å². The third kappa shape index (κ3) is 5.45. The zero-order valence-electron chi connectivity index (χ0n) is 21.8. The van der Waals surface area contributed by atoms with Crippen LogP contribution >= 0.6 is 0 Å². The van der Waals surface area contributed by atoms with E-state index in [0.29, 0.717) is 29.4 Å². The van der Waals surface area contributed by atoms with E-state index in [9.17, 15) is 4.79 Å². The summed E-state index contributed by atoms with van der Waals surface area (Å²) >= 11 is 0. The number of carbonyl (C=O) groups is 1. The highest BCUT2D eigenvalue weighted by Crippen LogP contribution is 2.40. The van der Waals surface area contributed by atoms with Crippen molar-refractivity contribution in [3.63, 3.8) is 0 Å². The number of hydrogen-bond acceptors (Lipinski definition) is 6. The highest BCUT2D eigenvalue weighted by atomic mass is 16.6. The Hall–Kier alpha value is -4.72. The van der Waals surface area contributed by atoms with E-state index in [2.05, 4.69) is 21.4 Å². The highest BCUT2D eigenvalue weighted by Gasteiger charge is 2.45. The normalized spacial score (nSPS) is 13.7. The number of benzene rings is 3. The van der Waals surface area contributed by atoms with Crippen molar-refractivity contribution >= 4 is 27.9 Å². The number of methoxy groups -OCH3 is 1. The summed E-state index contributed by atoms with van der Waals surface area (Å²) in [7, 11) is 1.60. The molecule has 0 saturated heterocycles. The number of rotatable bonds is 9. The van der Waals surface area contributed by atoms with Crippen molar-refractivity contribution in [2.75, 3.05) is 13.7 Å². The average Bonchev–Trinajstić information content (AvgIpc) is 3.61. The summed E-state index contributed by atoms with van der Waals surface area (Å²) < 4.78 is 23.5. The Balaban J connectivity index is 1.15. The summed E-state index contributed by atoms with van der Waals surface area (Å²) in [5.74, 6) is 2.50. The Kier molecular flexibility index (Phi) is 6.44. The topological polar surface area (TPSA) is 94.7 Å². The summed E-state index contributed by atoms with van der Waals surface area (Å²) in [6.07, 6.45) is 2.87. The Morgan fingerprint density at radius 2 is 1.85 bits per heavy atom. The largest absolute Gasteiger partial charge is 0.493 e. The number of H-pyrrole nitrogens is 1. The van der Waals surface area contributed by atoms with Crippen LogP contribution in [0, 0.1) is 6.92 Å². The third-order valence-corrected chi connectivity index (χ3v) is 6.88. The van der Waals surface area contributed by atoms with Crippen molar-refractivity contribution in [3.05, 3.63) is 90.3 Å². The van der Waals surface area contributed by atoms with Crippen molar-refractivity contribution in [2.45, 2.75) is 31.9 Å². The number of alkyl carbamates (subject to hydrolysis) is 1.